The molecule has 0 aromatic heterocycles. The lowest BCUT2D eigenvalue weighted by Crippen LogP contribution is -2.48. The van der Waals surface area contributed by atoms with Gasteiger partial charge in [-0.05, 0) is 6.92 Å². The first-order valence-corrected chi connectivity index (χ1v) is 5.71. The van der Waals surface area contributed by atoms with Gasteiger partial charge < -0.3 is 14.6 Å². The molecule has 2 aliphatic rings. The first-order chi connectivity index (χ1) is 5.62. The van der Waals surface area contributed by atoms with Gasteiger partial charge >= 0.3 is 0 Å². The molecule has 2 fully saturated rings. The van der Waals surface area contributed by atoms with Crippen molar-refractivity contribution in [2.45, 2.75) is 36.8 Å². The van der Waals surface area contributed by atoms with Gasteiger partial charge in [-0.3, -0.25) is 0 Å². The van der Waals surface area contributed by atoms with Gasteiger partial charge in [-0.15, -0.1) is 0 Å². The average Bonchev–Trinajstić information content (AvgIpc) is 2.41. The van der Waals surface area contributed by atoms with E-state index in [2.05, 4.69) is 22.6 Å². The lowest BCUT2D eigenvalue weighted by atomic mass is 9.91. The van der Waals surface area contributed by atoms with Gasteiger partial charge in [-0.1, -0.05) is 22.6 Å². The molecule has 2 heterocycles. The normalized spacial score (nSPS) is 57.9. The van der Waals surface area contributed by atoms with Crippen LogP contribution in [0.1, 0.15) is 6.92 Å². The highest BCUT2D eigenvalue weighted by Crippen LogP contribution is 2.44. The highest BCUT2D eigenvalue weighted by Gasteiger charge is 2.62. The molecular formula is C7H12BIO3. The van der Waals surface area contributed by atoms with Gasteiger partial charge in [-0.2, -0.15) is 0 Å². The second kappa shape index (κ2) is 2.83. The predicted octanol–water partition coefficient (Wildman–Crippen LogP) is -0.702. The maximum atomic E-state index is 9.87. The molecule has 12 heavy (non-hydrogen) atoms. The quantitative estimate of drug-likeness (QED) is 0.392. The highest BCUT2D eigenvalue weighted by molar-refractivity contribution is 14.1. The molecule has 2 aliphatic heterocycles. The minimum Gasteiger partial charge on any atom is -0.387 e. The van der Waals surface area contributed by atoms with Crippen LogP contribution in [-0.4, -0.2) is 47.3 Å². The molecule has 1 N–H and O–H groups in total. The molecule has 2 saturated heterocycles. The van der Waals surface area contributed by atoms with E-state index in [9.17, 15) is 5.11 Å². The summed E-state index contributed by atoms with van der Waals surface area (Å²) < 4.78 is 12.1. The SMILES string of the molecule is B[C@@H]1O[C@@]2(CI)C(C)OC1C2O. The van der Waals surface area contributed by atoms with Gasteiger partial charge in [0.05, 0.1) is 12.1 Å². The minimum atomic E-state index is -0.445. The van der Waals surface area contributed by atoms with Gasteiger partial charge in [0.1, 0.15) is 25.7 Å². The minimum absolute atomic E-state index is 0.0191. The zero-order valence-electron chi connectivity index (χ0n) is 7.16. The van der Waals surface area contributed by atoms with Crippen LogP contribution in [0.4, 0.5) is 0 Å². The third-order valence-electron chi connectivity index (χ3n) is 2.94. The monoisotopic (exact) mass is 282 g/mol. The number of hydrogen-bond donors (Lipinski definition) is 1. The van der Waals surface area contributed by atoms with Crippen LogP contribution in [0, 0.1) is 0 Å². The number of ether oxygens (including phenoxy) is 2. The molecule has 0 aromatic rings. The van der Waals surface area contributed by atoms with Crippen molar-refractivity contribution in [3.63, 3.8) is 0 Å². The van der Waals surface area contributed by atoms with Crippen molar-refractivity contribution in [2.75, 3.05) is 4.43 Å². The molecule has 0 aromatic carbocycles. The molecule has 5 heteroatoms. The molecule has 5 atom stereocenters. The summed E-state index contributed by atoms with van der Waals surface area (Å²) in [4.78, 5) is 0. The molecular weight excluding hydrogens is 270 g/mol. The summed E-state index contributed by atoms with van der Waals surface area (Å²) in [5.41, 5.74) is -0.440. The largest absolute Gasteiger partial charge is 0.387 e. The fraction of sp³-hybridized carbons (Fsp3) is 1.00. The fourth-order valence-corrected chi connectivity index (χ4v) is 3.36. The third kappa shape index (κ3) is 0.936. The Bertz CT molecular complexity index is 203. The van der Waals surface area contributed by atoms with Crippen LogP contribution in [0.15, 0.2) is 0 Å². The van der Waals surface area contributed by atoms with E-state index in [-0.39, 0.29) is 18.2 Å². The smallest absolute Gasteiger partial charge is 0.142 e. The summed E-state index contributed by atoms with van der Waals surface area (Å²) in [6, 6.07) is 0.0333. The van der Waals surface area contributed by atoms with E-state index in [4.69, 9.17) is 9.47 Å². The Balaban J connectivity index is 2.30. The van der Waals surface area contributed by atoms with Gasteiger partial charge in [0, 0.05) is 4.43 Å². The number of alkyl halides is 1. The van der Waals surface area contributed by atoms with Crippen LogP contribution >= 0.6 is 22.6 Å². The van der Waals surface area contributed by atoms with Crippen LogP contribution in [0.3, 0.4) is 0 Å². The molecule has 0 radical (unpaired) electrons. The first kappa shape index (κ1) is 9.24. The zero-order valence-corrected chi connectivity index (χ0v) is 9.32. The Morgan fingerprint density at radius 2 is 2.33 bits per heavy atom. The van der Waals surface area contributed by atoms with Crippen molar-refractivity contribution in [1.82, 2.24) is 0 Å². The van der Waals surface area contributed by atoms with Crippen molar-refractivity contribution in [3.8, 4) is 0 Å². The van der Waals surface area contributed by atoms with E-state index < -0.39 is 11.7 Å². The molecule has 2 rings (SSSR count). The van der Waals surface area contributed by atoms with Gasteiger partial charge in [0.2, 0.25) is 0 Å². The fourth-order valence-electron chi connectivity index (χ4n) is 2.11. The van der Waals surface area contributed by atoms with E-state index >= 15 is 0 Å². The molecule has 0 aliphatic carbocycles. The van der Waals surface area contributed by atoms with Crippen LogP contribution in [0.25, 0.3) is 0 Å². The Hall–Kier alpha value is 0.675. The average molecular weight is 282 g/mol. The highest BCUT2D eigenvalue weighted by atomic mass is 127. The van der Waals surface area contributed by atoms with E-state index in [1.54, 1.807) is 0 Å². The second-order valence-corrected chi connectivity index (χ2v) is 4.36. The lowest BCUT2D eigenvalue weighted by molar-refractivity contribution is -0.144. The van der Waals surface area contributed by atoms with Crippen molar-refractivity contribution in [3.05, 3.63) is 0 Å². The number of rotatable bonds is 1. The number of aliphatic hydroxyl groups excluding tert-OH is 1. The Kier molecular flexibility index (Phi) is 2.18. The molecule has 68 valence electrons. The molecule has 3 unspecified atom stereocenters. The molecule has 2 bridgehead atoms. The number of fused-ring (bicyclic) bond motifs is 2. The topological polar surface area (TPSA) is 38.7 Å². The van der Waals surface area contributed by atoms with Crippen molar-refractivity contribution < 1.29 is 14.6 Å². The third-order valence-corrected chi connectivity index (χ3v) is 4.13. The maximum absolute atomic E-state index is 9.87. The maximum Gasteiger partial charge on any atom is 0.142 e. The second-order valence-electron chi connectivity index (χ2n) is 3.60. The molecule has 0 saturated carbocycles. The summed E-state index contributed by atoms with van der Waals surface area (Å²) in [6.45, 7) is 1.97. The Morgan fingerprint density at radius 1 is 1.67 bits per heavy atom. The molecule has 3 nitrogen and oxygen atoms in total. The zero-order chi connectivity index (χ0) is 8.93. The van der Waals surface area contributed by atoms with Gasteiger partial charge in [0.15, 0.2) is 0 Å². The van der Waals surface area contributed by atoms with Crippen LogP contribution in [-0.2, 0) is 9.47 Å². The molecule has 0 spiro atoms. The van der Waals surface area contributed by atoms with Crippen LogP contribution in [0.5, 0.6) is 0 Å². The van der Waals surface area contributed by atoms with Gasteiger partial charge in [-0.25, -0.2) is 0 Å². The number of hydrogen-bond acceptors (Lipinski definition) is 3. The molecule has 0 amide bonds. The number of aliphatic hydroxyl groups is 1. The summed E-state index contributed by atoms with van der Waals surface area (Å²) >= 11 is 2.24. The van der Waals surface area contributed by atoms with E-state index in [1.807, 2.05) is 14.8 Å². The lowest BCUT2D eigenvalue weighted by Gasteiger charge is -2.33. The van der Waals surface area contributed by atoms with E-state index in [1.165, 1.54) is 0 Å². The summed E-state index contributed by atoms with van der Waals surface area (Å²) in [5.74, 6) is 0. The summed E-state index contributed by atoms with van der Waals surface area (Å²) in [7, 11) is 1.95. The van der Waals surface area contributed by atoms with Gasteiger partial charge in [0.25, 0.3) is 0 Å². The van der Waals surface area contributed by atoms with E-state index in [0.717, 1.165) is 4.43 Å². The number of halogens is 1. The van der Waals surface area contributed by atoms with Crippen molar-refractivity contribution >= 4 is 30.4 Å². The predicted molar refractivity (Wildman–Crippen MR) is 55.4 cm³/mol. The van der Waals surface area contributed by atoms with Crippen molar-refractivity contribution in [1.29, 1.82) is 0 Å². The van der Waals surface area contributed by atoms with E-state index in [0.29, 0.717) is 0 Å². The Morgan fingerprint density at radius 3 is 2.67 bits per heavy atom. The summed E-state index contributed by atoms with van der Waals surface area (Å²) in [6.07, 6.45) is -0.542. The Labute approximate surface area is 86.4 Å². The van der Waals surface area contributed by atoms with Crippen LogP contribution < -0.4 is 0 Å². The van der Waals surface area contributed by atoms with Crippen LogP contribution in [0.2, 0.25) is 0 Å². The standard InChI is InChI=1S/C7H12BIO3/c1-3-7(2-9)5(10)4(11-3)6(8)12-7/h3-6,10H,2,8H2,1H3/t3?,4?,5?,6-,7+/m1/s1. The summed E-state index contributed by atoms with van der Waals surface area (Å²) in [5, 5.41) is 9.87. The van der Waals surface area contributed by atoms with Crippen molar-refractivity contribution in [2.24, 2.45) is 0 Å². The first-order valence-electron chi connectivity index (χ1n) is 4.19.